The fourth-order valence-electron chi connectivity index (χ4n) is 2.08. The summed E-state index contributed by atoms with van der Waals surface area (Å²) in [5.74, 6) is 0.862. The molecule has 20 heavy (non-hydrogen) atoms. The Labute approximate surface area is 119 Å². The van der Waals surface area contributed by atoms with Crippen LogP contribution >= 0.6 is 11.6 Å². The molecule has 0 saturated carbocycles. The van der Waals surface area contributed by atoms with Gasteiger partial charge in [0.2, 0.25) is 0 Å². The van der Waals surface area contributed by atoms with Gasteiger partial charge in [0, 0.05) is 18.7 Å². The fourth-order valence-corrected chi connectivity index (χ4v) is 2.28. The molecule has 0 radical (unpaired) electrons. The van der Waals surface area contributed by atoms with Crippen molar-refractivity contribution in [3.63, 3.8) is 0 Å². The lowest BCUT2D eigenvalue weighted by Gasteiger charge is -2.08. The Morgan fingerprint density at radius 2 is 1.95 bits per heavy atom. The Bertz CT molecular complexity index is 592. The minimum absolute atomic E-state index is 0.0940. The smallest absolute Gasteiger partial charge is 0.312 e. The third-order valence-electron chi connectivity index (χ3n) is 3.02. The molecular formula is C13H15ClF3N3. The lowest BCUT2D eigenvalue weighted by atomic mass is 10.2. The molecule has 0 amide bonds. The number of nitrogens with zero attached hydrogens (tertiary/aromatic N) is 3. The van der Waals surface area contributed by atoms with Crippen molar-refractivity contribution in [3.8, 4) is 0 Å². The molecule has 0 spiro atoms. The molecule has 2 aromatic heterocycles. The lowest BCUT2D eigenvalue weighted by Crippen LogP contribution is -2.08. The first kappa shape index (κ1) is 15.1. The number of hydrogen-bond acceptors (Lipinski definition) is 2. The van der Waals surface area contributed by atoms with Crippen molar-refractivity contribution >= 4 is 22.8 Å². The second-order valence-corrected chi connectivity index (χ2v) is 4.95. The normalized spacial score (nSPS) is 12.2. The molecule has 110 valence electrons. The number of imidazole rings is 1. The van der Waals surface area contributed by atoms with Gasteiger partial charge in [0.15, 0.2) is 5.65 Å². The molecule has 3 nitrogen and oxygen atoms in total. The van der Waals surface area contributed by atoms with Crippen molar-refractivity contribution in [2.45, 2.75) is 44.8 Å². The highest BCUT2D eigenvalue weighted by Crippen LogP contribution is 2.23. The quantitative estimate of drug-likeness (QED) is 0.612. The van der Waals surface area contributed by atoms with E-state index in [2.05, 4.69) is 9.97 Å². The highest BCUT2D eigenvalue weighted by Gasteiger charge is 2.26. The van der Waals surface area contributed by atoms with Gasteiger partial charge in [0.05, 0.1) is 5.88 Å². The van der Waals surface area contributed by atoms with E-state index in [9.17, 15) is 13.2 Å². The molecule has 0 aromatic carbocycles. The second kappa shape index (κ2) is 5.99. The van der Waals surface area contributed by atoms with Crippen LogP contribution in [0.5, 0.6) is 0 Å². The van der Waals surface area contributed by atoms with Crippen molar-refractivity contribution in [2.75, 3.05) is 0 Å². The molecule has 0 aliphatic heterocycles. The molecule has 0 fully saturated rings. The molecular weight excluding hydrogens is 291 g/mol. The van der Waals surface area contributed by atoms with E-state index in [1.165, 1.54) is 0 Å². The summed E-state index contributed by atoms with van der Waals surface area (Å²) < 4.78 is 38.2. The Balaban J connectivity index is 2.13. The van der Waals surface area contributed by atoms with Gasteiger partial charge in [-0.3, -0.25) is 0 Å². The average Bonchev–Trinajstić information content (AvgIpc) is 2.71. The zero-order valence-electron chi connectivity index (χ0n) is 11.0. The van der Waals surface area contributed by atoms with Crippen molar-refractivity contribution < 1.29 is 13.2 Å². The van der Waals surface area contributed by atoms with E-state index in [4.69, 9.17) is 11.6 Å². The van der Waals surface area contributed by atoms with Gasteiger partial charge < -0.3 is 4.57 Å². The van der Waals surface area contributed by atoms with Crippen LogP contribution in [-0.2, 0) is 12.4 Å². The van der Waals surface area contributed by atoms with E-state index in [0.29, 0.717) is 24.4 Å². The van der Waals surface area contributed by atoms with Gasteiger partial charge in [0.25, 0.3) is 0 Å². The molecule has 2 heterocycles. The Hall–Kier alpha value is -1.30. The van der Waals surface area contributed by atoms with Crippen LogP contribution in [0.1, 0.15) is 30.8 Å². The predicted octanol–water partition coefficient (Wildman–Crippen LogP) is 4.21. The number of alkyl halides is 4. The number of rotatable bonds is 5. The Kier molecular flexibility index (Phi) is 4.52. The summed E-state index contributed by atoms with van der Waals surface area (Å²) in [4.78, 5) is 8.74. The summed E-state index contributed by atoms with van der Waals surface area (Å²) in [5.41, 5.74) is 2.25. The summed E-state index contributed by atoms with van der Waals surface area (Å²) in [6.45, 7) is 2.31. The van der Waals surface area contributed by atoms with Crippen LogP contribution in [-0.4, -0.2) is 20.7 Å². The molecule has 0 bridgehead atoms. The predicted molar refractivity (Wildman–Crippen MR) is 71.7 cm³/mol. The van der Waals surface area contributed by atoms with Gasteiger partial charge in [0.1, 0.15) is 11.3 Å². The van der Waals surface area contributed by atoms with Gasteiger partial charge in [-0.15, -0.1) is 11.6 Å². The molecule has 2 rings (SSSR count). The number of halogens is 4. The molecule has 2 aromatic rings. The van der Waals surface area contributed by atoms with Crippen LogP contribution in [0.3, 0.4) is 0 Å². The average molecular weight is 306 g/mol. The van der Waals surface area contributed by atoms with E-state index in [0.717, 1.165) is 11.2 Å². The van der Waals surface area contributed by atoms with Crippen molar-refractivity contribution in [1.29, 1.82) is 0 Å². The molecule has 0 saturated heterocycles. The third-order valence-corrected chi connectivity index (χ3v) is 3.26. The van der Waals surface area contributed by atoms with Crippen LogP contribution in [0.4, 0.5) is 13.2 Å². The highest BCUT2D eigenvalue weighted by atomic mass is 35.5. The topological polar surface area (TPSA) is 30.7 Å². The van der Waals surface area contributed by atoms with E-state index in [1.54, 1.807) is 0 Å². The second-order valence-electron chi connectivity index (χ2n) is 4.68. The fraction of sp³-hybridized carbons (Fsp3) is 0.538. The molecule has 0 aliphatic carbocycles. The maximum Gasteiger partial charge on any atom is 0.389 e. The SMILES string of the molecule is Cc1ccc2nc(CCl)n(CCCCC(F)(F)F)c2n1. The number of aromatic nitrogens is 3. The van der Waals surface area contributed by atoms with Gasteiger partial charge >= 0.3 is 6.18 Å². The maximum absolute atomic E-state index is 12.1. The van der Waals surface area contributed by atoms with E-state index < -0.39 is 12.6 Å². The zero-order valence-corrected chi connectivity index (χ0v) is 11.8. The van der Waals surface area contributed by atoms with Crippen LogP contribution in [0.2, 0.25) is 0 Å². The standard InChI is InChI=1S/C13H15ClF3N3/c1-9-4-5-10-12(18-9)20(11(8-14)19-10)7-3-2-6-13(15,16)17/h4-5H,2-3,6-8H2,1H3. The first-order chi connectivity index (χ1) is 9.40. The first-order valence-electron chi connectivity index (χ1n) is 6.36. The molecule has 0 atom stereocenters. The number of fused-ring (bicyclic) bond motifs is 1. The van der Waals surface area contributed by atoms with Crippen LogP contribution in [0.25, 0.3) is 11.2 Å². The molecule has 0 aliphatic rings. The largest absolute Gasteiger partial charge is 0.389 e. The number of pyridine rings is 1. The monoisotopic (exact) mass is 305 g/mol. The van der Waals surface area contributed by atoms with Gasteiger partial charge in [-0.1, -0.05) is 0 Å². The Morgan fingerprint density at radius 3 is 2.60 bits per heavy atom. The number of hydrogen-bond donors (Lipinski definition) is 0. The molecule has 0 N–H and O–H groups in total. The van der Waals surface area contributed by atoms with Crippen LogP contribution in [0, 0.1) is 6.92 Å². The maximum atomic E-state index is 12.1. The van der Waals surface area contributed by atoms with Crippen molar-refractivity contribution in [3.05, 3.63) is 23.7 Å². The lowest BCUT2D eigenvalue weighted by molar-refractivity contribution is -0.135. The van der Waals surface area contributed by atoms with E-state index in [-0.39, 0.29) is 12.3 Å². The zero-order chi connectivity index (χ0) is 14.8. The summed E-state index contributed by atoms with van der Waals surface area (Å²) in [5, 5.41) is 0. The summed E-state index contributed by atoms with van der Waals surface area (Å²) in [7, 11) is 0. The van der Waals surface area contributed by atoms with Gasteiger partial charge in [-0.25, -0.2) is 9.97 Å². The van der Waals surface area contributed by atoms with Crippen molar-refractivity contribution in [2.24, 2.45) is 0 Å². The highest BCUT2D eigenvalue weighted by molar-refractivity contribution is 6.16. The van der Waals surface area contributed by atoms with Crippen LogP contribution in [0.15, 0.2) is 12.1 Å². The molecule has 7 heteroatoms. The van der Waals surface area contributed by atoms with Gasteiger partial charge in [-0.2, -0.15) is 13.2 Å². The molecule has 0 unspecified atom stereocenters. The van der Waals surface area contributed by atoms with Gasteiger partial charge in [-0.05, 0) is 31.9 Å². The minimum atomic E-state index is -4.10. The van der Waals surface area contributed by atoms with Crippen molar-refractivity contribution in [1.82, 2.24) is 14.5 Å². The summed E-state index contributed by atoms with van der Waals surface area (Å²) in [6.07, 6.45) is -4.34. The van der Waals surface area contributed by atoms with E-state index >= 15 is 0 Å². The first-order valence-corrected chi connectivity index (χ1v) is 6.89. The summed E-state index contributed by atoms with van der Waals surface area (Å²) >= 11 is 5.84. The third kappa shape index (κ3) is 3.62. The summed E-state index contributed by atoms with van der Waals surface area (Å²) in [6, 6.07) is 3.70. The van der Waals surface area contributed by atoms with E-state index in [1.807, 2.05) is 23.6 Å². The Morgan fingerprint density at radius 1 is 1.20 bits per heavy atom. The van der Waals surface area contributed by atoms with Crippen LogP contribution < -0.4 is 0 Å². The minimum Gasteiger partial charge on any atom is -0.312 e. The number of aryl methyl sites for hydroxylation is 2. The number of unbranched alkanes of at least 4 members (excludes halogenated alkanes) is 1.